The third-order valence-electron chi connectivity index (χ3n) is 2.78. The van der Waals surface area contributed by atoms with E-state index in [2.05, 4.69) is 0 Å². The first-order chi connectivity index (χ1) is 8.65. The van der Waals surface area contributed by atoms with Gasteiger partial charge in [-0.25, -0.2) is 0 Å². The van der Waals surface area contributed by atoms with Crippen molar-refractivity contribution in [2.75, 3.05) is 20.2 Å². The van der Waals surface area contributed by atoms with E-state index in [0.29, 0.717) is 19.6 Å². The van der Waals surface area contributed by atoms with Crippen molar-refractivity contribution in [3.63, 3.8) is 0 Å². The molecule has 1 atom stereocenters. The highest BCUT2D eigenvalue weighted by Gasteiger charge is 2.15. The molecule has 0 fully saturated rings. The molecule has 2 N–H and O–H groups in total. The molecule has 100 valence electrons. The fraction of sp³-hybridized carbons (Fsp3) is 0.500. The van der Waals surface area contributed by atoms with Crippen molar-refractivity contribution in [1.82, 2.24) is 4.90 Å². The van der Waals surface area contributed by atoms with Crippen LogP contribution in [0.25, 0.3) is 0 Å². The van der Waals surface area contributed by atoms with Crippen molar-refractivity contribution >= 4 is 5.91 Å². The molecule has 0 aliphatic rings. The Bertz CT molecular complexity index is 354. The summed E-state index contributed by atoms with van der Waals surface area (Å²) in [6, 6.07) is 9.27. The number of likely N-dealkylation sites (N-methyl/N-ethyl adjacent to an activating group) is 1. The minimum atomic E-state index is -0.384. The van der Waals surface area contributed by atoms with Crippen LogP contribution in [0.4, 0.5) is 0 Å². The minimum Gasteiger partial charge on any atom is -0.494 e. The smallest absolute Gasteiger partial charge is 0.239 e. The zero-order chi connectivity index (χ0) is 13.4. The van der Waals surface area contributed by atoms with Crippen LogP contribution in [0.1, 0.15) is 19.8 Å². The predicted molar refractivity (Wildman–Crippen MR) is 72.5 cm³/mol. The van der Waals surface area contributed by atoms with Crippen molar-refractivity contribution in [2.45, 2.75) is 25.8 Å². The average molecular weight is 250 g/mol. The summed E-state index contributed by atoms with van der Waals surface area (Å²) in [7, 11) is 1.78. The lowest BCUT2D eigenvalue weighted by atomic mass is 10.2. The first-order valence-electron chi connectivity index (χ1n) is 6.33. The zero-order valence-corrected chi connectivity index (χ0v) is 11.1. The maximum absolute atomic E-state index is 11.7. The number of carbonyl (C=O) groups is 1. The van der Waals surface area contributed by atoms with Gasteiger partial charge >= 0.3 is 0 Å². The predicted octanol–water partition coefficient (Wildman–Crippen LogP) is 1.65. The SMILES string of the molecule is CC[C@@H](N)C(=O)N(C)CCCOc1ccccc1. The fourth-order valence-electron chi connectivity index (χ4n) is 1.58. The molecule has 0 aromatic heterocycles. The van der Waals surface area contributed by atoms with Gasteiger partial charge in [0.2, 0.25) is 5.91 Å². The topological polar surface area (TPSA) is 55.6 Å². The molecule has 0 aliphatic heterocycles. The van der Waals surface area contributed by atoms with Gasteiger partial charge in [-0.05, 0) is 25.0 Å². The second-order valence-electron chi connectivity index (χ2n) is 4.29. The third-order valence-corrected chi connectivity index (χ3v) is 2.78. The van der Waals surface area contributed by atoms with Gasteiger partial charge in [0, 0.05) is 13.6 Å². The van der Waals surface area contributed by atoms with Crippen LogP contribution in [-0.4, -0.2) is 37.0 Å². The fourth-order valence-corrected chi connectivity index (χ4v) is 1.58. The number of nitrogens with zero attached hydrogens (tertiary/aromatic N) is 1. The maximum atomic E-state index is 11.7. The van der Waals surface area contributed by atoms with E-state index in [1.165, 1.54) is 0 Å². The Hall–Kier alpha value is -1.55. The summed E-state index contributed by atoms with van der Waals surface area (Å²) in [5.74, 6) is 0.856. The van der Waals surface area contributed by atoms with Crippen LogP contribution in [0.5, 0.6) is 5.75 Å². The normalized spacial score (nSPS) is 11.9. The van der Waals surface area contributed by atoms with E-state index in [4.69, 9.17) is 10.5 Å². The van der Waals surface area contributed by atoms with E-state index in [1.54, 1.807) is 11.9 Å². The number of hydrogen-bond acceptors (Lipinski definition) is 3. The Morgan fingerprint density at radius 1 is 1.39 bits per heavy atom. The molecule has 1 amide bonds. The highest BCUT2D eigenvalue weighted by Crippen LogP contribution is 2.08. The largest absolute Gasteiger partial charge is 0.494 e. The molecule has 0 aliphatic carbocycles. The van der Waals surface area contributed by atoms with E-state index in [0.717, 1.165) is 12.2 Å². The summed E-state index contributed by atoms with van der Waals surface area (Å²) >= 11 is 0. The van der Waals surface area contributed by atoms with Crippen LogP contribution >= 0.6 is 0 Å². The van der Waals surface area contributed by atoms with Crippen molar-refractivity contribution in [3.05, 3.63) is 30.3 Å². The lowest BCUT2D eigenvalue weighted by molar-refractivity contribution is -0.131. The third kappa shape index (κ3) is 4.75. The van der Waals surface area contributed by atoms with E-state index >= 15 is 0 Å². The lowest BCUT2D eigenvalue weighted by Gasteiger charge is -2.20. The molecule has 1 aromatic rings. The van der Waals surface area contributed by atoms with Gasteiger partial charge in [-0.15, -0.1) is 0 Å². The highest BCUT2D eigenvalue weighted by molar-refractivity contribution is 5.81. The summed E-state index contributed by atoms with van der Waals surface area (Å²) < 4.78 is 5.55. The van der Waals surface area contributed by atoms with Gasteiger partial charge < -0.3 is 15.4 Å². The first-order valence-corrected chi connectivity index (χ1v) is 6.33. The summed E-state index contributed by atoms with van der Waals surface area (Å²) in [5, 5.41) is 0. The molecule has 0 unspecified atom stereocenters. The lowest BCUT2D eigenvalue weighted by Crippen LogP contribution is -2.41. The molecule has 1 rings (SSSR count). The number of amides is 1. The highest BCUT2D eigenvalue weighted by atomic mass is 16.5. The molecule has 1 aromatic carbocycles. The summed E-state index contributed by atoms with van der Waals surface area (Å²) in [5.41, 5.74) is 5.69. The maximum Gasteiger partial charge on any atom is 0.239 e. The second-order valence-corrected chi connectivity index (χ2v) is 4.29. The van der Waals surface area contributed by atoms with Crippen LogP contribution in [0.2, 0.25) is 0 Å². The Kier molecular flexibility index (Phi) is 6.22. The van der Waals surface area contributed by atoms with Crippen LogP contribution < -0.4 is 10.5 Å². The minimum absolute atomic E-state index is 0.00258. The standard InChI is InChI=1S/C14H22N2O2/c1-3-13(15)14(17)16(2)10-7-11-18-12-8-5-4-6-9-12/h4-6,8-9,13H,3,7,10-11,15H2,1-2H3/t13-/m1/s1. The van der Waals surface area contributed by atoms with Crippen LogP contribution in [0.15, 0.2) is 30.3 Å². The van der Waals surface area contributed by atoms with Crippen molar-refractivity contribution in [1.29, 1.82) is 0 Å². The molecule has 4 heteroatoms. The molecule has 0 saturated carbocycles. The van der Waals surface area contributed by atoms with E-state index in [1.807, 2.05) is 37.3 Å². The molecule has 0 heterocycles. The number of para-hydroxylation sites is 1. The zero-order valence-electron chi connectivity index (χ0n) is 11.1. The van der Waals surface area contributed by atoms with Crippen LogP contribution in [0, 0.1) is 0 Å². The number of nitrogens with two attached hydrogens (primary N) is 1. The van der Waals surface area contributed by atoms with E-state index in [-0.39, 0.29) is 11.9 Å². The van der Waals surface area contributed by atoms with E-state index < -0.39 is 0 Å². The Morgan fingerprint density at radius 3 is 2.67 bits per heavy atom. The van der Waals surface area contributed by atoms with E-state index in [9.17, 15) is 4.79 Å². The molecule has 0 spiro atoms. The van der Waals surface area contributed by atoms with Gasteiger partial charge in [0.05, 0.1) is 12.6 Å². The number of ether oxygens (including phenoxy) is 1. The van der Waals surface area contributed by atoms with Crippen LogP contribution in [0.3, 0.4) is 0 Å². The van der Waals surface area contributed by atoms with Crippen molar-refractivity contribution in [2.24, 2.45) is 5.73 Å². The molecular weight excluding hydrogens is 228 g/mol. The molecule has 0 radical (unpaired) electrons. The number of hydrogen-bond donors (Lipinski definition) is 1. The van der Waals surface area contributed by atoms with Gasteiger partial charge in [-0.2, -0.15) is 0 Å². The van der Waals surface area contributed by atoms with Crippen molar-refractivity contribution in [3.8, 4) is 5.75 Å². The van der Waals surface area contributed by atoms with Gasteiger partial charge in [-0.3, -0.25) is 4.79 Å². The number of rotatable bonds is 7. The van der Waals surface area contributed by atoms with Crippen LogP contribution in [-0.2, 0) is 4.79 Å². The summed E-state index contributed by atoms with van der Waals surface area (Å²) in [4.78, 5) is 13.4. The molecule has 0 bridgehead atoms. The second kappa shape index (κ2) is 7.71. The summed E-state index contributed by atoms with van der Waals surface area (Å²) in [6.45, 7) is 3.18. The molecule has 18 heavy (non-hydrogen) atoms. The Balaban J connectivity index is 2.20. The number of carbonyl (C=O) groups excluding carboxylic acids is 1. The Labute approximate surface area is 109 Å². The first kappa shape index (κ1) is 14.5. The van der Waals surface area contributed by atoms with Gasteiger partial charge in [0.15, 0.2) is 0 Å². The van der Waals surface area contributed by atoms with Crippen molar-refractivity contribution < 1.29 is 9.53 Å². The average Bonchev–Trinajstić information content (AvgIpc) is 2.42. The van der Waals surface area contributed by atoms with Gasteiger partial charge in [0.25, 0.3) is 0 Å². The Morgan fingerprint density at radius 2 is 2.06 bits per heavy atom. The molecule has 0 saturated heterocycles. The summed E-state index contributed by atoms with van der Waals surface area (Å²) in [6.07, 6.45) is 1.47. The monoisotopic (exact) mass is 250 g/mol. The molecule has 4 nitrogen and oxygen atoms in total. The van der Waals surface area contributed by atoms with Gasteiger partial charge in [0.1, 0.15) is 5.75 Å². The number of benzene rings is 1. The quantitative estimate of drug-likeness (QED) is 0.749. The van der Waals surface area contributed by atoms with Gasteiger partial charge in [-0.1, -0.05) is 25.1 Å². The molecular formula is C14H22N2O2.